The molecule has 6 heteroatoms. The van der Waals surface area contributed by atoms with Gasteiger partial charge in [-0.1, -0.05) is 0 Å². The second-order valence-corrected chi connectivity index (χ2v) is 4.48. The van der Waals surface area contributed by atoms with Crippen molar-refractivity contribution in [2.75, 3.05) is 13.1 Å². The molecule has 19 heavy (non-hydrogen) atoms. The monoisotopic (exact) mass is 259 g/mol. The summed E-state index contributed by atoms with van der Waals surface area (Å²) in [6.07, 6.45) is 6.36. The van der Waals surface area contributed by atoms with Gasteiger partial charge in [0.1, 0.15) is 5.82 Å². The normalized spacial score (nSPS) is 15.5. The number of benzene rings is 1. The van der Waals surface area contributed by atoms with Crippen LogP contribution in [0.1, 0.15) is 18.7 Å². The molecule has 0 N–H and O–H groups in total. The molecule has 2 heterocycles. The van der Waals surface area contributed by atoms with E-state index < -0.39 is 0 Å². The van der Waals surface area contributed by atoms with E-state index in [4.69, 9.17) is 0 Å². The molecule has 0 amide bonds. The van der Waals surface area contributed by atoms with E-state index in [9.17, 15) is 4.39 Å². The van der Waals surface area contributed by atoms with Crippen LogP contribution in [-0.2, 0) is 0 Å². The molecule has 0 atom stereocenters. The summed E-state index contributed by atoms with van der Waals surface area (Å²) in [5.74, 6) is 0.365. The highest BCUT2D eigenvalue weighted by Crippen LogP contribution is 2.12. The summed E-state index contributed by atoms with van der Waals surface area (Å²) in [6, 6.07) is 6.09. The molecule has 2 aromatic rings. The first-order valence-corrected chi connectivity index (χ1v) is 6.29. The number of likely N-dealkylation sites (tertiary alicyclic amines) is 1. The van der Waals surface area contributed by atoms with Crippen LogP contribution in [0.3, 0.4) is 0 Å². The summed E-state index contributed by atoms with van der Waals surface area (Å²) in [5, 5.41) is 11.6. The Kier molecular flexibility index (Phi) is 3.22. The minimum Gasteiger partial charge on any atom is -0.377 e. The maximum atomic E-state index is 12.9. The van der Waals surface area contributed by atoms with E-state index in [0.29, 0.717) is 5.82 Å². The lowest BCUT2D eigenvalue weighted by Gasteiger charge is -2.09. The SMILES string of the molecule is Fc1ccc(-n2nnnc2/C=C\N2CCCC2)cc1. The van der Waals surface area contributed by atoms with E-state index in [2.05, 4.69) is 20.4 Å². The van der Waals surface area contributed by atoms with Crippen LogP contribution in [-0.4, -0.2) is 38.2 Å². The molecule has 0 radical (unpaired) electrons. The van der Waals surface area contributed by atoms with Crippen molar-refractivity contribution in [3.05, 3.63) is 42.1 Å². The fourth-order valence-corrected chi connectivity index (χ4v) is 2.13. The van der Waals surface area contributed by atoms with Crippen LogP contribution in [0.15, 0.2) is 30.5 Å². The van der Waals surface area contributed by atoms with Crippen LogP contribution < -0.4 is 0 Å². The lowest BCUT2D eigenvalue weighted by Crippen LogP contribution is -2.10. The number of hydrogen-bond acceptors (Lipinski definition) is 4. The van der Waals surface area contributed by atoms with Gasteiger partial charge in [-0.05, 0) is 47.5 Å². The average molecular weight is 259 g/mol. The van der Waals surface area contributed by atoms with Gasteiger partial charge in [-0.15, -0.1) is 5.10 Å². The van der Waals surface area contributed by atoms with E-state index in [1.165, 1.54) is 25.0 Å². The summed E-state index contributed by atoms with van der Waals surface area (Å²) in [4.78, 5) is 2.24. The molecule has 0 spiro atoms. The number of rotatable bonds is 3. The molecule has 1 saturated heterocycles. The van der Waals surface area contributed by atoms with Crippen molar-refractivity contribution in [3.8, 4) is 5.69 Å². The summed E-state index contributed by atoms with van der Waals surface area (Å²) < 4.78 is 14.5. The summed E-state index contributed by atoms with van der Waals surface area (Å²) in [5.41, 5.74) is 0.743. The Balaban J connectivity index is 1.83. The zero-order valence-electron chi connectivity index (χ0n) is 10.4. The molecule has 1 aromatic heterocycles. The van der Waals surface area contributed by atoms with Gasteiger partial charge >= 0.3 is 0 Å². The maximum absolute atomic E-state index is 12.9. The lowest BCUT2D eigenvalue weighted by molar-refractivity contribution is 0.470. The fourth-order valence-electron chi connectivity index (χ4n) is 2.13. The van der Waals surface area contributed by atoms with Crippen molar-refractivity contribution < 1.29 is 4.39 Å². The number of tetrazole rings is 1. The molecule has 1 aromatic carbocycles. The fraction of sp³-hybridized carbons (Fsp3) is 0.308. The minimum atomic E-state index is -0.272. The molecular formula is C13H14FN5. The third-order valence-electron chi connectivity index (χ3n) is 3.14. The quantitative estimate of drug-likeness (QED) is 0.844. The lowest BCUT2D eigenvalue weighted by atomic mass is 10.3. The predicted octanol–water partition coefficient (Wildman–Crippen LogP) is 1.87. The first-order valence-electron chi connectivity index (χ1n) is 6.29. The number of aromatic nitrogens is 4. The summed E-state index contributed by atoms with van der Waals surface area (Å²) in [7, 11) is 0. The molecule has 1 aliphatic heterocycles. The van der Waals surface area contributed by atoms with Gasteiger partial charge in [0.05, 0.1) is 5.69 Å². The zero-order valence-corrected chi connectivity index (χ0v) is 10.4. The first kappa shape index (κ1) is 11.8. The number of halogens is 1. The zero-order chi connectivity index (χ0) is 13.1. The van der Waals surface area contributed by atoms with Gasteiger partial charge in [0.15, 0.2) is 5.82 Å². The smallest absolute Gasteiger partial charge is 0.181 e. The highest BCUT2D eigenvalue weighted by Gasteiger charge is 2.09. The molecule has 0 aliphatic carbocycles. The van der Waals surface area contributed by atoms with Gasteiger partial charge in [0, 0.05) is 25.4 Å². The Morgan fingerprint density at radius 2 is 1.84 bits per heavy atom. The highest BCUT2D eigenvalue weighted by molar-refractivity contribution is 5.44. The molecule has 1 aliphatic rings. The number of hydrogen-bond donors (Lipinski definition) is 0. The van der Waals surface area contributed by atoms with Gasteiger partial charge in [0.25, 0.3) is 0 Å². The minimum absolute atomic E-state index is 0.272. The molecule has 0 unspecified atom stereocenters. The van der Waals surface area contributed by atoms with Gasteiger partial charge in [-0.3, -0.25) is 0 Å². The third kappa shape index (κ3) is 2.62. The van der Waals surface area contributed by atoms with Crippen LogP contribution in [0, 0.1) is 5.82 Å². The predicted molar refractivity (Wildman–Crippen MR) is 69.0 cm³/mol. The van der Waals surface area contributed by atoms with Gasteiger partial charge in [-0.2, -0.15) is 4.68 Å². The average Bonchev–Trinajstić information content (AvgIpc) is 3.08. The van der Waals surface area contributed by atoms with E-state index in [1.54, 1.807) is 16.8 Å². The van der Waals surface area contributed by atoms with Gasteiger partial charge in [0.2, 0.25) is 0 Å². The molecule has 3 rings (SSSR count). The Hall–Kier alpha value is -2.24. The third-order valence-corrected chi connectivity index (χ3v) is 3.14. The Labute approximate surface area is 110 Å². The molecule has 0 bridgehead atoms. The molecule has 5 nitrogen and oxygen atoms in total. The summed E-state index contributed by atoms with van der Waals surface area (Å²) in [6.45, 7) is 2.16. The Morgan fingerprint density at radius 1 is 1.11 bits per heavy atom. The Bertz CT molecular complexity index is 569. The van der Waals surface area contributed by atoms with E-state index in [0.717, 1.165) is 18.8 Å². The van der Waals surface area contributed by atoms with Gasteiger partial charge in [-0.25, -0.2) is 4.39 Å². The van der Waals surface area contributed by atoms with Crippen molar-refractivity contribution in [2.45, 2.75) is 12.8 Å². The van der Waals surface area contributed by atoms with Crippen molar-refractivity contribution in [3.63, 3.8) is 0 Å². The standard InChI is InChI=1S/C13H14FN5/c14-11-3-5-12(6-4-11)19-13(15-16-17-19)7-10-18-8-1-2-9-18/h3-7,10H,1-2,8-9H2/b10-7-. The van der Waals surface area contributed by atoms with Crippen molar-refractivity contribution in [2.24, 2.45) is 0 Å². The van der Waals surface area contributed by atoms with E-state index in [1.807, 2.05) is 12.3 Å². The van der Waals surface area contributed by atoms with Crippen LogP contribution in [0.4, 0.5) is 4.39 Å². The van der Waals surface area contributed by atoms with Crippen LogP contribution in [0.25, 0.3) is 11.8 Å². The second kappa shape index (κ2) is 5.17. The second-order valence-electron chi connectivity index (χ2n) is 4.48. The summed E-state index contributed by atoms with van der Waals surface area (Å²) >= 11 is 0. The van der Waals surface area contributed by atoms with Crippen molar-refractivity contribution >= 4 is 6.08 Å². The maximum Gasteiger partial charge on any atom is 0.181 e. The molecule has 1 fully saturated rings. The topological polar surface area (TPSA) is 46.8 Å². The van der Waals surface area contributed by atoms with Crippen LogP contribution in [0.5, 0.6) is 0 Å². The van der Waals surface area contributed by atoms with Gasteiger partial charge < -0.3 is 4.90 Å². The van der Waals surface area contributed by atoms with Crippen LogP contribution in [0.2, 0.25) is 0 Å². The Morgan fingerprint density at radius 3 is 2.58 bits per heavy atom. The number of nitrogens with zero attached hydrogens (tertiary/aromatic N) is 5. The van der Waals surface area contributed by atoms with Crippen LogP contribution >= 0.6 is 0 Å². The molecule has 98 valence electrons. The molecular weight excluding hydrogens is 245 g/mol. The van der Waals surface area contributed by atoms with Crippen molar-refractivity contribution in [1.29, 1.82) is 0 Å². The first-order chi connectivity index (χ1) is 9.33. The largest absolute Gasteiger partial charge is 0.377 e. The van der Waals surface area contributed by atoms with E-state index >= 15 is 0 Å². The highest BCUT2D eigenvalue weighted by atomic mass is 19.1. The molecule has 0 saturated carbocycles. The van der Waals surface area contributed by atoms with E-state index in [-0.39, 0.29) is 5.82 Å². The van der Waals surface area contributed by atoms with Crippen molar-refractivity contribution in [1.82, 2.24) is 25.1 Å².